The van der Waals surface area contributed by atoms with Crippen LogP contribution in [-0.2, 0) is 15.6 Å². The maximum atomic E-state index is 12.1. The van der Waals surface area contributed by atoms with Gasteiger partial charge in [-0.2, -0.15) is 0 Å². The highest BCUT2D eigenvalue weighted by Gasteiger charge is 2.12. The fourth-order valence-corrected chi connectivity index (χ4v) is 2.55. The molecule has 0 aliphatic carbocycles. The van der Waals surface area contributed by atoms with Crippen molar-refractivity contribution in [1.82, 2.24) is 4.90 Å². The molecule has 1 atom stereocenters. The number of rotatable bonds is 6. The molecule has 5 nitrogen and oxygen atoms in total. The summed E-state index contributed by atoms with van der Waals surface area (Å²) in [7, 11) is -1.39. The van der Waals surface area contributed by atoms with Crippen molar-refractivity contribution in [2.75, 3.05) is 19.8 Å². The third-order valence-electron chi connectivity index (χ3n) is 2.86. The predicted molar refractivity (Wildman–Crippen MR) is 78.2 cm³/mol. The summed E-state index contributed by atoms with van der Waals surface area (Å²) in [6.07, 6.45) is 1.26. The molecule has 1 rings (SSSR count). The van der Waals surface area contributed by atoms with Gasteiger partial charge >= 0.3 is 0 Å². The zero-order valence-electron chi connectivity index (χ0n) is 12.0. The number of amides is 1. The van der Waals surface area contributed by atoms with Crippen molar-refractivity contribution in [1.29, 1.82) is 0 Å². The van der Waals surface area contributed by atoms with Gasteiger partial charge in [0.25, 0.3) is 5.91 Å². The van der Waals surface area contributed by atoms with Gasteiger partial charge in [0.2, 0.25) is 0 Å². The molecule has 0 aromatic heterocycles. The SMILES string of the molecule is CC(O)CCN(C)C(=O)c1ccc(CS(C)(=O)=O)cc1. The Morgan fingerprint density at radius 1 is 1.30 bits per heavy atom. The van der Waals surface area contributed by atoms with Crippen LogP contribution in [0.15, 0.2) is 24.3 Å². The van der Waals surface area contributed by atoms with E-state index in [4.69, 9.17) is 0 Å². The number of hydrogen-bond acceptors (Lipinski definition) is 4. The maximum absolute atomic E-state index is 12.1. The van der Waals surface area contributed by atoms with Gasteiger partial charge in [-0.25, -0.2) is 8.42 Å². The van der Waals surface area contributed by atoms with Gasteiger partial charge in [-0.05, 0) is 31.0 Å². The molecule has 1 aromatic rings. The average molecular weight is 299 g/mol. The molecule has 0 aliphatic heterocycles. The minimum Gasteiger partial charge on any atom is -0.393 e. The van der Waals surface area contributed by atoms with Crippen LogP contribution in [0.4, 0.5) is 0 Å². The maximum Gasteiger partial charge on any atom is 0.253 e. The molecule has 0 saturated heterocycles. The number of hydrogen-bond donors (Lipinski definition) is 1. The molecular weight excluding hydrogens is 278 g/mol. The van der Waals surface area contributed by atoms with E-state index in [1.807, 2.05) is 0 Å². The first kappa shape index (κ1) is 16.7. The van der Waals surface area contributed by atoms with Crippen molar-refractivity contribution in [3.05, 3.63) is 35.4 Å². The van der Waals surface area contributed by atoms with Gasteiger partial charge in [-0.1, -0.05) is 12.1 Å². The first-order valence-corrected chi connectivity index (χ1v) is 8.45. The molecule has 0 spiro atoms. The molecule has 1 N–H and O–H groups in total. The number of sulfone groups is 1. The average Bonchev–Trinajstić information content (AvgIpc) is 2.34. The van der Waals surface area contributed by atoms with Crippen molar-refractivity contribution in [2.24, 2.45) is 0 Å². The summed E-state index contributed by atoms with van der Waals surface area (Å²) in [5, 5.41) is 9.20. The minimum atomic E-state index is -3.07. The third kappa shape index (κ3) is 5.71. The molecule has 6 heteroatoms. The Balaban J connectivity index is 2.70. The Hall–Kier alpha value is -1.40. The molecule has 0 heterocycles. The summed E-state index contributed by atoms with van der Waals surface area (Å²) >= 11 is 0. The summed E-state index contributed by atoms with van der Waals surface area (Å²) in [6.45, 7) is 2.15. The van der Waals surface area contributed by atoms with Crippen LogP contribution >= 0.6 is 0 Å². The number of nitrogens with zero attached hydrogens (tertiary/aromatic N) is 1. The van der Waals surface area contributed by atoms with E-state index in [0.717, 1.165) is 0 Å². The van der Waals surface area contributed by atoms with Crippen molar-refractivity contribution in [3.63, 3.8) is 0 Å². The normalized spacial score (nSPS) is 13.0. The monoisotopic (exact) mass is 299 g/mol. The van der Waals surface area contributed by atoms with Gasteiger partial charge < -0.3 is 10.0 Å². The van der Waals surface area contributed by atoms with E-state index in [1.165, 1.54) is 11.2 Å². The second-order valence-electron chi connectivity index (χ2n) is 5.13. The molecule has 0 radical (unpaired) electrons. The van der Waals surface area contributed by atoms with Gasteiger partial charge in [0.05, 0.1) is 11.9 Å². The predicted octanol–water partition coefficient (Wildman–Crippen LogP) is 1.07. The van der Waals surface area contributed by atoms with Crippen LogP contribution in [0.1, 0.15) is 29.3 Å². The number of benzene rings is 1. The van der Waals surface area contributed by atoms with E-state index in [1.54, 1.807) is 38.2 Å². The Kier molecular flexibility index (Phi) is 5.71. The molecule has 0 bridgehead atoms. The van der Waals surface area contributed by atoms with E-state index in [0.29, 0.717) is 24.1 Å². The quantitative estimate of drug-likeness (QED) is 0.853. The topological polar surface area (TPSA) is 74.7 Å². The van der Waals surface area contributed by atoms with Gasteiger partial charge in [0.1, 0.15) is 0 Å². The molecule has 20 heavy (non-hydrogen) atoms. The number of carbonyl (C=O) groups excluding carboxylic acids is 1. The number of aliphatic hydroxyl groups is 1. The zero-order valence-corrected chi connectivity index (χ0v) is 12.9. The van der Waals surface area contributed by atoms with Crippen molar-refractivity contribution >= 4 is 15.7 Å². The summed E-state index contributed by atoms with van der Waals surface area (Å²) in [4.78, 5) is 13.6. The molecular formula is C14H21NO4S. The van der Waals surface area contributed by atoms with Gasteiger partial charge in [0.15, 0.2) is 9.84 Å². The van der Waals surface area contributed by atoms with E-state index in [9.17, 15) is 18.3 Å². The highest BCUT2D eigenvalue weighted by Crippen LogP contribution is 2.10. The lowest BCUT2D eigenvalue weighted by Crippen LogP contribution is -2.29. The van der Waals surface area contributed by atoms with Crippen LogP contribution in [0.2, 0.25) is 0 Å². The largest absolute Gasteiger partial charge is 0.393 e. The lowest BCUT2D eigenvalue weighted by molar-refractivity contribution is 0.0769. The van der Waals surface area contributed by atoms with Gasteiger partial charge in [-0.15, -0.1) is 0 Å². The molecule has 1 unspecified atom stereocenters. The highest BCUT2D eigenvalue weighted by molar-refractivity contribution is 7.89. The molecule has 0 saturated carbocycles. The van der Waals surface area contributed by atoms with Crippen LogP contribution in [0, 0.1) is 0 Å². The van der Waals surface area contributed by atoms with Gasteiger partial charge in [-0.3, -0.25) is 4.79 Å². The van der Waals surface area contributed by atoms with Crippen LogP contribution < -0.4 is 0 Å². The first-order valence-electron chi connectivity index (χ1n) is 6.39. The summed E-state index contributed by atoms with van der Waals surface area (Å²) in [5.74, 6) is -0.171. The van der Waals surface area contributed by atoms with E-state index in [-0.39, 0.29) is 11.7 Å². The Bertz CT molecular complexity index is 549. The van der Waals surface area contributed by atoms with Crippen LogP contribution in [0.3, 0.4) is 0 Å². The van der Waals surface area contributed by atoms with Crippen molar-refractivity contribution in [2.45, 2.75) is 25.2 Å². The molecule has 1 amide bonds. The molecule has 0 fully saturated rings. The molecule has 1 aromatic carbocycles. The van der Waals surface area contributed by atoms with E-state index >= 15 is 0 Å². The summed E-state index contributed by atoms with van der Waals surface area (Å²) < 4.78 is 22.4. The van der Waals surface area contributed by atoms with Crippen LogP contribution in [0.25, 0.3) is 0 Å². The van der Waals surface area contributed by atoms with Crippen molar-refractivity contribution in [3.8, 4) is 0 Å². The second-order valence-corrected chi connectivity index (χ2v) is 7.27. The summed E-state index contributed by atoms with van der Waals surface area (Å²) in [5.41, 5.74) is 1.17. The molecule has 0 aliphatic rings. The Morgan fingerprint density at radius 3 is 2.30 bits per heavy atom. The fourth-order valence-electron chi connectivity index (χ4n) is 1.75. The van der Waals surface area contributed by atoms with Crippen LogP contribution in [-0.4, -0.2) is 50.3 Å². The zero-order chi connectivity index (χ0) is 15.3. The van der Waals surface area contributed by atoms with Crippen LogP contribution in [0.5, 0.6) is 0 Å². The lowest BCUT2D eigenvalue weighted by Gasteiger charge is -2.18. The number of aliphatic hydroxyl groups excluding tert-OH is 1. The number of carbonyl (C=O) groups is 1. The van der Waals surface area contributed by atoms with Crippen molar-refractivity contribution < 1.29 is 18.3 Å². The Labute approximate surface area is 120 Å². The lowest BCUT2D eigenvalue weighted by atomic mass is 10.1. The minimum absolute atomic E-state index is 0.0284. The Morgan fingerprint density at radius 2 is 1.85 bits per heavy atom. The summed E-state index contributed by atoms with van der Waals surface area (Å²) in [6, 6.07) is 6.55. The fraction of sp³-hybridized carbons (Fsp3) is 0.500. The standard InChI is InChI=1S/C14H21NO4S/c1-11(16)8-9-15(2)14(17)13-6-4-12(5-7-13)10-20(3,18)19/h4-7,11,16H,8-10H2,1-3H3. The van der Waals surface area contributed by atoms with E-state index < -0.39 is 15.9 Å². The first-order chi connectivity index (χ1) is 9.19. The van der Waals surface area contributed by atoms with Gasteiger partial charge in [0, 0.05) is 25.4 Å². The smallest absolute Gasteiger partial charge is 0.253 e. The molecule has 112 valence electrons. The third-order valence-corrected chi connectivity index (χ3v) is 3.72. The second kappa shape index (κ2) is 6.85. The van der Waals surface area contributed by atoms with E-state index in [2.05, 4.69) is 0 Å². The highest BCUT2D eigenvalue weighted by atomic mass is 32.2.